The highest BCUT2D eigenvalue weighted by atomic mass is 35.5. The minimum atomic E-state index is -0.741. The van der Waals surface area contributed by atoms with Gasteiger partial charge in [0, 0.05) is 0 Å². The van der Waals surface area contributed by atoms with Gasteiger partial charge in [-0.25, -0.2) is 9.99 Å². The number of nitrogens with zero attached hydrogens (tertiary/aromatic N) is 3. The maximum Gasteiger partial charge on any atom is 0.272 e. The number of hydrogen-bond acceptors (Lipinski definition) is 4. The molecule has 2 heterocycles. The Labute approximate surface area is 165 Å². The van der Waals surface area contributed by atoms with Crippen LogP contribution in [-0.4, -0.2) is 31.8 Å². The molecule has 2 aromatic carbocycles. The van der Waals surface area contributed by atoms with Gasteiger partial charge in [-0.05, 0) is 24.6 Å². The van der Waals surface area contributed by atoms with Crippen LogP contribution >= 0.6 is 11.6 Å². The molecule has 0 bridgehead atoms. The molecule has 1 fully saturated rings. The van der Waals surface area contributed by atoms with Gasteiger partial charge >= 0.3 is 0 Å². The highest BCUT2D eigenvalue weighted by molar-refractivity contribution is 6.33. The van der Waals surface area contributed by atoms with Crippen molar-refractivity contribution in [1.29, 1.82) is 0 Å². The zero-order valence-electron chi connectivity index (χ0n) is 15.0. The molecule has 2 amide bonds. The van der Waals surface area contributed by atoms with E-state index in [1.807, 2.05) is 36.4 Å². The van der Waals surface area contributed by atoms with Crippen molar-refractivity contribution in [3.05, 3.63) is 76.2 Å². The lowest BCUT2D eigenvalue weighted by molar-refractivity contribution is -0.156. The van der Waals surface area contributed by atoms with Crippen molar-refractivity contribution in [2.45, 2.75) is 24.9 Å². The van der Waals surface area contributed by atoms with Gasteiger partial charge in [-0.3, -0.25) is 24.4 Å². The molecule has 4 rings (SSSR count). The number of fused-ring (bicyclic) bond motifs is 1. The summed E-state index contributed by atoms with van der Waals surface area (Å²) in [6.45, 7) is 1.37. The summed E-state index contributed by atoms with van der Waals surface area (Å²) in [5.74, 6) is -0.873. The van der Waals surface area contributed by atoms with Crippen LogP contribution in [0.4, 0.5) is 0 Å². The molecule has 8 heteroatoms. The van der Waals surface area contributed by atoms with Crippen LogP contribution in [0.5, 0.6) is 0 Å². The van der Waals surface area contributed by atoms with E-state index in [-0.39, 0.29) is 18.0 Å². The van der Waals surface area contributed by atoms with Gasteiger partial charge in [0.15, 0.2) is 0 Å². The number of alkyl halides is 1. The molecule has 1 N–H and O–H groups in total. The van der Waals surface area contributed by atoms with Crippen LogP contribution in [0.25, 0.3) is 11.0 Å². The molecule has 1 aliphatic rings. The second-order valence-electron chi connectivity index (χ2n) is 6.58. The van der Waals surface area contributed by atoms with E-state index >= 15 is 0 Å². The predicted octanol–water partition coefficient (Wildman–Crippen LogP) is 1.93. The highest BCUT2D eigenvalue weighted by Crippen LogP contribution is 2.36. The van der Waals surface area contributed by atoms with Gasteiger partial charge in [-0.1, -0.05) is 42.5 Å². The molecule has 2 atom stereocenters. The van der Waals surface area contributed by atoms with Gasteiger partial charge in [0.1, 0.15) is 23.7 Å². The van der Waals surface area contributed by atoms with Crippen LogP contribution in [0, 0.1) is 6.92 Å². The Kier molecular flexibility index (Phi) is 4.60. The van der Waals surface area contributed by atoms with E-state index in [9.17, 15) is 14.4 Å². The largest absolute Gasteiger partial charge is 0.296 e. The van der Waals surface area contributed by atoms with Gasteiger partial charge in [0.2, 0.25) is 0 Å². The first-order chi connectivity index (χ1) is 13.5. The monoisotopic (exact) mass is 396 g/mol. The zero-order valence-corrected chi connectivity index (χ0v) is 15.8. The molecule has 0 spiro atoms. The van der Waals surface area contributed by atoms with Gasteiger partial charge in [0.05, 0.1) is 11.0 Å². The Bertz CT molecular complexity index is 1130. The molecule has 1 saturated heterocycles. The number of benzene rings is 2. The fraction of sp³-hybridized carbons (Fsp3) is 0.200. The smallest absolute Gasteiger partial charge is 0.272 e. The third-order valence-corrected chi connectivity index (χ3v) is 5.16. The van der Waals surface area contributed by atoms with Crippen molar-refractivity contribution in [1.82, 2.24) is 20.0 Å². The van der Waals surface area contributed by atoms with Gasteiger partial charge in [-0.2, -0.15) is 0 Å². The number of para-hydroxylation sites is 2. The summed E-state index contributed by atoms with van der Waals surface area (Å²) in [6.07, 6.45) is 0. The fourth-order valence-electron chi connectivity index (χ4n) is 3.34. The van der Waals surface area contributed by atoms with Crippen LogP contribution in [0.1, 0.15) is 17.3 Å². The van der Waals surface area contributed by atoms with Crippen LogP contribution in [0.15, 0.2) is 59.4 Å². The third-order valence-electron chi connectivity index (χ3n) is 4.73. The average molecular weight is 397 g/mol. The maximum atomic E-state index is 12.6. The lowest BCUT2D eigenvalue weighted by Crippen LogP contribution is -2.63. The third kappa shape index (κ3) is 3.03. The fourth-order valence-corrected chi connectivity index (χ4v) is 3.70. The Morgan fingerprint density at radius 2 is 1.79 bits per heavy atom. The number of hydrazine groups is 1. The standard InChI is InChI=1S/C20H17ClN4O3/c1-12-19(27)24(15-10-6-5-9-14(15)22-12)11-16(26)23-25-18(17(21)20(25)28)13-7-3-2-4-8-13/h2-10,17-18H,11H2,1H3,(H,23,26). The molecular formula is C20H17ClN4O3. The van der Waals surface area contributed by atoms with Crippen molar-refractivity contribution in [3.63, 3.8) is 0 Å². The molecule has 0 saturated carbocycles. The van der Waals surface area contributed by atoms with Crippen molar-refractivity contribution in [2.24, 2.45) is 0 Å². The lowest BCUT2D eigenvalue weighted by Gasteiger charge is -2.43. The van der Waals surface area contributed by atoms with Crippen LogP contribution in [0.2, 0.25) is 0 Å². The van der Waals surface area contributed by atoms with Gasteiger partial charge in [-0.15, -0.1) is 11.6 Å². The van der Waals surface area contributed by atoms with Crippen LogP contribution in [0.3, 0.4) is 0 Å². The number of β-lactam (4-membered cyclic amide) rings is 1. The topological polar surface area (TPSA) is 84.3 Å². The van der Waals surface area contributed by atoms with Crippen LogP contribution < -0.4 is 11.0 Å². The van der Waals surface area contributed by atoms with Crippen molar-refractivity contribution < 1.29 is 9.59 Å². The maximum absolute atomic E-state index is 12.6. The average Bonchev–Trinajstić information content (AvgIpc) is 2.71. The van der Waals surface area contributed by atoms with E-state index in [1.54, 1.807) is 25.1 Å². The number of aromatic nitrogens is 2. The SMILES string of the molecule is Cc1nc2ccccc2n(CC(=O)NN2C(=O)C(Cl)C2c2ccccc2)c1=O. The first kappa shape index (κ1) is 18.2. The van der Waals surface area contributed by atoms with Crippen molar-refractivity contribution >= 4 is 34.4 Å². The molecule has 2 unspecified atom stereocenters. The summed E-state index contributed by atoms with van der Waals surface area (Å²) >= 11 is 6.16. The number of halogens is 1. The molecule has 1 aliphatic heterocycles. The number of rotatable bonds is 4. The summed E-state index contributed by atoms with van der Waals surface area (Å²) in [4.78, 5) is 41.6. The minimum absolute atomic E-state index is 0.235. The summed E-state index contributed by atoms with van der Waals surface area (Å²) in [5, 5.41) is 0.478. The zero-order chi connectivity index (χ0) is 19.8. The Morgan fingerprint density at radius 1 is 1.11 bits per heavy atom. The summed E-state index contributed by atoms with van der Waals surface area (Å²) in [7, 11) is 0. The quantitative estimate of drug-likeness (QED) is 0.539. The summed E-state index contributed by atoms with van der Waals surface area (Å²) in [5.41, 5.74) is 4.54. The Morgan fingerprint density at radius 3 is 2.54 bits per heavy atom. The van der Waals surface area contributed by atoms with Crippen molar-refractivity contribution in [3.8, 4) is 0 Å². The van der Waals surface area contributed by atoms with E-state index in [2.05, 4.69) is 10.4 Å². The number of aryl methyl sites for hydroxylation is 1. The van der Waals surface area contributed by atoms with E-state index < -0.39 is 17.3 Å². The van der Waals surface area contributed by atoms with Crippen molar-refractivity contribution in [2.75, 3.05) is 0 Å². The highest BCUT2D eigenvalue weighted by Gasteiger charge is 2.48. The van der Waals surface area contributed by atoms with E-state index in [4.69, 9.17) is 11.6 Å². The van der Waals surface area contributed by atoms with E-state index in [0.29, 0.717) is 16.7 Å². The molecule has 7 nitrogen and oxygen atoms in total. The second-order valence-corrected chi connectivity index (χ2v) is 7.05. The first-order valence-corrected chi connectivity index (χ1v) is 9.19. The minimum Gasteiger partial charge on any atom is -0.296 e. The number of amides is 2. The molecular weight excluding hydrogens is 380 g/mol. The molecule has 28 heavy (non-hydrogen) atoms. The molecule has 142 valence electrons. The molecule has 0 radical (unpaired) electrons. The normalized spacial score (nSPS) is 18.8. The number of carbonyl (C=O) groups is 2. The molecule has 1 aromatic heterocycles. The molecule has 0 aliphatic carbocycles. The van der Waals surface area contributed by atoms with E-state index in [0.717, 1.165) is 5.56 Å². The predicted molar refractivity (Wildman–Crippen MR) is 105 cm³/mol. The number of hydrogen-bond donors (Lipinski definition) is 1. The van der Waals surface area contributed by atoms with Gasteiger partial charge < -0.3 is 0 Å². The Balaban J connectivity index is 1.59. The Hall–Kier alpha value is -3.19. The van der Waals surface area contributed by atoms with Crippen LogP contribution in [-0.2, 0) is 16.1 Å². The summed E-state index contributed by atoms with van der Waals surface area (Å²) in [6, 6.07) is 15.9. The first-order valence-electron chi connectivity index (χ1n) is 8.75. The van der Waals surface area contributed by atoms with E-state index in [1.165, 1.54) is 9.58 Å². The number of carbonyl (C=O) groups excluding carboxylic acids is 2. The lowest BCUT2D eigenvalue weighted by atomic mass is 9.95. The second kappa shape index (κ2) is 7.09. The molecule has 3 aromatic rings. The summed E-state index contributed by atoms with van der Waals surface area (Å²) < 4.78 is 1.35. The number of nitrogens with one attached hydrogen (secondary N) is 1. The van der Waals surface area contributed by atoms with Gasteiger partial charge in [0.25, 0.3) is 17.4 Å².